The summed E-state index contributed by atoms with van der Waals surface area (Å²) in [6, 6.07) is 48.7. The zero-order valence-electron chi connectivity index (χ0n) is 18.4. The molecule has 5 rings (SSSR count). The van der Waals surface area contributed by atoms with Gasteiger partial charge in [-0.1, -0.05) is 121 Å². The number of para-hydroxylation sites is 2. The lowest BCUT2D eigenvalue weighted by atomic mass is 9.96. The average molecular weight is 424 g/mol. The lowest BCUT2D eigenvalue weighted by Gasteiger charge is -2.28. The van der Waals surface area contributed by atoms with Crippen molar-refractivity contribution in [1.82, 2.24) is 0 Å². The van der Waals surface area contributed by atoms with Crippen molar-refractivity contribution < 1.29 is 0 Å². The van der Waals surface area contributed by atoms with Crippen molar-refractivity contribution in [3.05, 3.63) is 151 Å². The molecule has 0 aliphatic rings. The molecule has 0 aliphatic carbocycles. The van der Waals surface area contributed by atoms with Gasteiger partial charge in [0.15, 0.2) is 0 Å². The molecular formula is C32H25N. The van der Waals surface area contributed by atoms with Crippen molar-refractivity contribution in [2.45, 2.75) is 0 Å². The number of rotatable bonds is 6. The zero-order chi connectivity index (χ0) is 22.3. The van der Waals surface area contributed by atoms with E-state index in [0.29, 0.717) is 0 Å². The Kier molecular flexibility index (Phi) is 6.13. The second-order valence-electron chi connectivity index (χ2n) is 7.85. The molecule has 158 valence electrons. The molecular weight excluding hydrogens is 398 g/mol. The number of hydrogen-bond acceptors (Lipinski definition) is 1. The van der Waals surface area contributed by atoms with Gasteiger partial charge in [-0.3, -0.25) is 0 Å². The van der Waals surface area contributed by atoms with Crippen LogP contribution in [-0.4, -0.2) is 0 Å². The maximum Gasteiger partial charge on any atom is 0.0540 e. The first-order chi connectivity index (χ1) is 16.4. The fraction of sp³-hybridized carbons (Fsp3) is 0. The molecule has 0 aliphatic heterocycles. The molecule has 0 saturated heterocycles. The van der Waals surface area contributed by atoms with E-state index in [1.165, 1.54) is 22.3 Å². The SMILES string of the molecule is C(=C\c1c(-c2ccccc2)cccc1N(c1ccccc1)c1ccccc1)/c1ccccc1. The van der Waals surface area contributed by atoms with Crippen LogP contribution < -0.4 is 4.90 Å². The summed E-state index contributed by atoms with van der Waals surface area (Å²) in [5.74, 6) is 0. The maximum atomic E-state index is 2.33. The number of nitrogens with zero attached hydrogens (tertiary/aromatic N) is 1. The molecule has 0 unspecified atom stereocenters. The Morgan fingerprint density at radius 1 is 0.424 bits per heavy atom. The summed E-state index contributed by atoms with van der Waals surface area (Å²) in [5.41, 5.74) is 8.16. The molecule has 0 radical (unpaired) electrons. The molecule has 0 fully saturated rings. The third kappa shape index (κ3) is 4.63. The Hall–Kier alpha value is -4.36. The lowest BCUT2D eigenvalue weighted by molar-refractivity contribution is 1.28. The first kappa shape index (κ1) is 20.5. The van der Waals surface area contributed by atoms with Crippen LogP contribution in [0.1, 0.15) is 11.1 Å². The Labute approximate surface area is 195 Å². The Morgan fingerprint density at radius 2 is 0.939 bits per heavy atom. The highest BCUT2D eigenvalue weighted by Crippen LogP contribution is 2.40. The fourth-order valence-electron chi connectivity index (χ4n) is 4.12. The van der Waals surface area contributed by atoms with Crippen LogP contribution in [0.4, 0.5) is 17.1 Å². The average Bonchev–Trinajstić information content (AvgIpc) is 2.90. The number of anilines is 3. The van der Waals surface area contributed by atoms with Crippen LogP contribution in [0.3, 0.4) is 0 Å². The molecule has 0 bridgehead atoms. The lowest BCUT2D eigenvalue weighted by Crippen LogP contribution is -2.11. The summed E-state index contributed by atoms with van der Waals surface area (Å²) in [6.45, 7) is 0. The molecule has 33 heavy (non-hydrogen) atoms. The Bertz CT molecular complexity index is 1290. The highest BCUT2D eigenvalue weighted by atomic mass is 15.1. The van der Waals surface area contributed by atoms with Gasteiger partial charge in [0, 0.05) is 16.9 Å². The van der Waals surface area contributed by atoms with Gasteiger partial charge in [-0.2, -0.15) is 0 Å². The highest BCUT2D eigenvalue weighted by Gasteiger charge is 2.17. The molecule has 0 atom stereocenters. The van der Waals surface area contributed by atoms with Gasteiger partial charge < -0.3 is 4.90 Å². The smallest absolute Gasteiger partial charge is 0.0540 e. The summed E-state index contributed by atoms with van der Waals surface area (Å²) in [7, 11) is 0. The second-order valence-corrected chi connectivity index (χ2v) is 7.85. The van der Waals surface area contributed by atoms with Crippen LogP contribution in [0.5, 0.6) is 0 Å². The van der Waals surface area contributed by atoms with Crippen LogP contribution >= 0.6 is 0 Å². The monoisotopic (exact) mass is 423 g/mol. The molecule has 5 aromatic rings. The molecule has 1 heteroatoms. The van der Waals surface area contributed by atoms with Crippen LogP contribution in [0.25, 0.3) is 23.3 Å². The Morgan fingerprint density at radius 3 is 1.52 bits per heavy atom. The van der Waals surface area contributed by atoms with Gasteiger partial charge in [0.05, 0.1) is 5.69 Å². The number of hydrogen-bond donors (Lipinski definition) is 0. The van der Waals surface area contributed by atoms with Gasteiger partial charge >= 0.3 is 0 Å². The molecule has 1 nitrogen and oxygen atoms in total. The van der Waals surface area contributed by atoms with Crippen molar-refractivity contribution in [2.24, 2.45) is 0 Å². The molecule has 5 aromatic carbocycles. The molecule has 0 aromatic heterocycles. The van der Waals surface area contributed by atoms with E-state index in [1.54, 1.807) is 0 Å². The molecule has 0 saturated carbocycles. The third-order valence-corrected chi connectivity index (χ3v) is 5.68. The maximum absolute atomic E-state index is 2.33. The molecule has 0 amide bonds. The van der Waals surface area contributed by atoms with Gasteiger partial charge in [0.2, 0.25) is 0 Å². The predicted octanol–water partition coefficient (Wildman–Crippen LogP) is 8.99. The van der Waals surface area contributed by atoms with E-state index in [4.69, 9.17) is 0 Å². The fourth-order valence-corrected chi connectivity index (χ4v) is 4.12. The standard InChI is InChI=1S/C32H25N/c1-5-14-26(15-6-1)24-25-31-30(27-16-7-2-8-17-27)22-13-23-32(31)33(28-18-9-3-10-19-28)29-20-11-4-12-21-29/h1-25H/b25-24+. The van der Waals surface area contributed by atoms with Gasteiger partial charge in [0.25, 0.3) is 0 Å². The normalized spacial score (nSPS) is 10.9. The topological polar surface area (TPSA) is 3.24 Å². The summed E-state index contributed by atoms with van der Waals surface area (Å²) >= 11 is 0. The van der Waals surface area contributed by atoms with Gasteiger partial charge in [-0.25, -0.2) is 0 Å². The predicted molar refractivity (Wildman–Crippen MR) is 142 cm³/mol. The first-order valence-corrected chi connectivity index (χ1v) is 11.2. The van der Waals surface area contributed by atoms with Gasteiger partial charge in [-0.15, -0.1) is 0 Å². The van der Waals surface area contributed by atoms with E-state index in [0.717, 1.165) is 17.1 Å². The van der Waals surface area contributed by atoms with E-state index in [1.807, 2.05) is 6.07 Å². The van der Waals surface area contributed by atoms with Crippen LogP contribution in [0.15, 0.2) is 140 Å². The molecule has 0 spiro atoms. The van der Waals surface area contributed by atoms with E-state index in [-0.39, 0.29) is 0 Å². The van der Waals surface area contributed by atoms with E-state index < -0.39 is 0 Å². The van der Waals surface area contributed by atoms with E-state index in [2.05, 4.69) is 151 Å². The summed E-state index contributed by atoms with van der Waals surface area (Å²) in [5, 5.41) is 0. The van der Waals surface area contributed by atoms with Crippen molar-refractivity contribution in [2.75, 3.05) is 4.90 Å². The minimum Gasteiger partial charge on any atom is -0.310 e. The molecule has 0 N–H and O–H groups in total. The van der Waals surface area contributed by atoms with Crippen LogP contribution in [0.2, 0.25) is 0 Å². The minimum atomic E-state index is 1.13. The number of benzene rings is 5. The van der Waals surface area contributed by atoms with Gasteiger partial charge in [0.1, 0.15) is 0 Å². The van der Waals surface area contributed by atoms with Crippen molar-refractivity contribution >= 4 is 29.2 Å². The third-order valence-electron chi connectivity index (χ3n) is 5.68. The summed E-state index contributed by atoms with van der Waals surface area (Å²) in [6.07, 6.45) is 4.44. The zero-order valence-corrected chi connectivity index (χ0v) is 18.4. The van der Waals surface area contributed by atoms with Crippen molar-refractivity contribution in [3.63, 3.8) is 0 Å². The van der Waals surface area contributed by atoms with Crippen molar-refractivity contribution in [3.8, 4) is 11.1 Å². The Balaban J connectivity index is 1.74. The van der Waals surface area contributed by atoms with Crippen molar-refractivity contribution in [1.29, 1.82) is 0 Å². The quantitative estimate of drug-likeness (QED) is 0.246. The minimum absolute atomic E-state index is 1.13. The van der Waals surface area contributed by atoms with E-state index in [9.17, 15) is 0 Å². The summed E-state index contributed by atoms with van der Waals surface area (Å²) in [4.78, 5) is 2.33. The van der Waals surface area contributed by atoms with Crippen LogP contribution in [-0.2, 0) is 0 Å². The molecule has 0 heterocycles. The van der Waals surface area contributed by atoms with Crippen LogP contribution in [0, 0.1) is 0 Å². The highest BCUT2D eigenvalue weighted by molar-refractivity contribution is 5.92. The van der Waals surface area contributed by atoms with Gasteiger partial charge in [-0.05, 0) is 47.0 Å². The largest absolute Gasteiger partial charge is 0.310 e. The second kappa shape index (κ2) is 9.84. The van der Waals surface area contributed by atoms with E-state index >= 15 is 0 Å². The first-order valence-electron chi connectivity index (χ1n) is 11.2. The summed E-state index contributed by atoms with van der Waals surface area (Å²) < 4.78 is 0.